The molecule has 0 radical (unpaired) electrons. The molecule has 0 bridgehead atoms. The highest BCUT2D eigenvalue weighted by atomic mass is 35.5. The summed E-state index contributed by atoms with van der Waals surface area (Å²) in [6, 6.07) is 5.63. The number of nitrogens with two attached hydrogens (primary N) is 1. The van der Waals surface area contributed by atoms with Crippen LogP contribution in [0.25, 0.3) is 0 Å². The van der Waals surface area contributed by atoms with Crippen LogP contribution in [0.15, 0.2) is 30.6 Å². The fourth-order valence-corrected chi connectivity index (χ4v) is 1.87. The van der Waals surface area contributed by atoms with Crippen molar-refractivity contribution in [1.82, 2.24) is 20.2 Å². The molecular formula is C11H14ClN5. The molecule has 6 heteroatoms. The SMILES string of the molecule is Cn1ccc(CC(NN)c2ccnc(Cl)c2)n1. The fourth-order valence-electron chi connectivity index (χ4n) is 1.69. The van der Waals surface area contributed by atoms with Crippen LogP contribution in [0.3, 0.4) is 0 Å². The lowest BCUT2D eigenvalue weighted by Crippen LogP contribution is -2.29. The highest BCUT2D eigenvalue weighted by Crippen LogP contribution is 2.18. The maximum Gasteiger partial charge on any atom is 0.129 e. The summed E-state index contributed by atoms with van der Waals surface area (Å²) in [7, 11) is 1.89. The topological polar surface area (TPSA) is 68.8 Å². The Hall–Kier alpha value is -1.43. The lowest BCUT2D eigenvalue weighted by molar-refractivity contribution is 0.541. The predicted octanol–water partition coefficient (Wildman–Crippen LogP) is 1.22. The van der Waals surface area contributed by atoms with Crippen LogP contribution in [0.4, 0.5) is 0 Å². The van der Waals surface area contributed by atoms with Crippen molar-refractivity contribution in [2.24, 2.45) is 12.9 Å². The van der Waals surface area contributed by atoms with Crippen molar-refractivity contribution < 1.29 is 0 Å². The smallest absolute Gasteiger partial charge is 0.129 e. The minimum Gasteiger partial charge on any atom is -0.276 e. The largest absolute Gasteiger partial charge is 0.276 e. The van der Waals surface area contributed by atoms with E-state index >= 15 is 0 Å². The van der Waals surface area contributed by atoms with Crippen LogP contribution in [0.1, 0.15) is 17.3 Å². The Balaban J connectivity index is 2.16. The van der Waals surface area contributed by atoms with Gasteiger partial charge in [-0.25, -0.2) is 4.98 Å². The molecule has 17 heavy (non-hydrogen) atoms. The van der Waals surface area contributed by atoms with Gasteiger partial charge in [-0.2, -0.15) is 5.10 Å². The third kappa shape index (κ3) is 3.03. The summed E-state index contributed by atoms with van der Waals surface area (Å²) in [4.78, 5) is 3.94. The average molecular weight is 252 g/mol. The highest BCUT2D eigenvalue weighted by Gasteiger charge is 2.12. The highest BCUT2D eigenvalue weighted by molar-refractivity contribution is 6.29. The number of pyridine rings is 1. The van der Waals surface area contributed by atoms with Gasteiger partial charge in [-0.1, -0.05) is 11.6 Å². The quantitative estimate of drug-likeness (QED) is 0.487. The molecule has 5 nitrogen and oxygen atoms in total. The van der Waals surface area contributed by atoms with E-state index < -0.39 is 0 Å². The number of halogens is 1. The molecule has 0 amide bonds. The second-order valence-electron chi connectivity index (χ2n) is 3.82. The Bertz CT molecular complexity index is 496. The molecule has 2 rings (SSSR count). The van der Waals surface area contributed by atoms with E-state index in [2.05, 4.69) is 15.5 Å². The fraction of sp³-hybridized carbons (Fsp3) is 0.273. The molecule has 1 atom stereocenters. The van der Waals surface area contributed by atoms with Gasteiger partial charge in [0, 0.05) is 25.9 Å². The standard InChI is InChI=1S/C11H14ClN5/c1-17-5-3-9(16-17)7-10(15-13)8-2-4-14-11(12)6-8/h2-6,10,15H,7,13H2,1H3. The van der Waals surface area contributed by atoms with E-state index in [0.29, 0.717) is 11.6 Å². The Morgan fingerprint density at radius 3 is 2.94 bits per heavy atom. The molecule has 1 unspecified atom stereocenters. The van der Waals surface area contributed by atoms with Crippen molar-refractivity contribution in [3.8, 4) is 0 Å². The molecule has 0 aliphatic heterocycles. The van der Waals surface area contributed by atoms with Gasteiger partial charge in [0.2, 0.25) is 0 Å². The van der Waals surface area contributed by atoms with Gasteiger partial charge in [0.05, 0.1) is 11.7 Å². The summed E-state index contributed by atoms with van der Waals surface area (Å²) in [5.41, 5.74) is 4.74. The molecule has 0 aromatic carbocycles. The molecule has 0 spiro atoms. The van der Waals surface area contributed by atoms with E-state index in [9.17, 15) is 0 Å². The number of aromatic nitrogens is 3. The van der Waals surface area contributed by atoms with Crippen LogP contribution in [0.2, 0.25) is 5.15 Å². The van der Waals surface area contributed by atoms with Crippen LogP contribution in [0, 0.1) is 0 Å². The molecule has 90 valence electrons. The van der Waals surface area contributed by atoms with Crippen LogP contribution in [-0.4, -0.2) is 14.8 Å². The molecule has 3 N–H and O–H groups in total. The Morgan fingerprint density at radius 1 is 1.53 bits per heavy atom. The summed E-state index contributed by atoms with van der Waals surface area (Å²) in [5.74, 6) is 5.56. The number of hydrogen-bond donors (Lipinski definition) is 2. The molecule has 0 fully saturated rings. The van der Waals surface area contributed by atoms with Gasteiger partial charge in [-0.3, -0.25) is 16.0 Å². The summed E-state index contributed by atoms with van der Waals surface area (Å²) in [6.45, 7) is 0. The number of aryl methyl sites for hydroxylation is 1. The van der Waals surface area contributed by atoms with E-state index in [4.69, 9.17) is 17.4 Å². The molecule has 0 aliphatic rings. The van der Waals surface area contributed by atoms with Crippen LogP contribution < -0.4 is 11.3 Å². The van der Waals surface area contributed by atoms with Crippen molar-refractivity contribution in [2.45, 2.75) is 12.5 Å². The van der Waals surface area contributed by atoms with Gasteiger partial charge in [0.25, 0.3) is 0 Å². The first-order chi connectivity index (χ1) is 8.19. The van der Waals surface area contributed by atoms with Crippen LogP contribution in [-0.2, 0) is 13.5 Å². The first kappa shape index (κ1) is 12.0. The van der Waals surface area contributed by atoms with Crippen molar-refractivity contribution in [3.63, 3.8) is 0 Å². The Kier molecular flexibility index (Phi) is 3.73. The van der Waals surface area contributed by atoms with E-state index in [-0.39, 0.29) is 6.04 Å². The monoisotopic (exact) mass is 251 g/mol. The van der Waals surface area contributed by atoms with Gasteiger partial charge in [-0.05, 0) is 23.8 Å². The summed E-state index contributed by atoms with van der Waals surface area (Å²) >= 11 is 5.85. The first-order valence-corrected chi connectivity index (χ1v) is 5.63. The maximum absolute atomic E-state index is 5.85. The van der Waals surface area contributed by atoms with E-state index in [1.54, 1.807) is 16.9 Å². The number of nitrogens with zero attached hydrogens (tertiary/aromatic N) is 3. The summed E-state index contributed by atoms with van der Waals surface area (Å²) < 4.78 is 1.77. The number of rotatable bonds is 4. The number of nitrogens with one attached hydrogen (secondary N) is 1. The van der Waals surface area contributed by atoms with Crippen molar-refractivity contribution in [2.75, 3.05) is 0 Å². The van der Waals surface area contributed by atoms with Gasteiger partial charge < -0.3 is 0 Å². The second kappa shape index (κ2) is 5.27. The molecule has 2 aromatic rings. The van der Waals surface area contributed by atoms with Gasteiger partial charge in [0.1, 0.15) is 5.15 Å². The number of hydrogen-bond acceptors (Lipinski definition) is 4. The minimum atomic E-state index is -0.0228. The van der Waals surface area contributed by atoms with E-state index in [1.807, 2.05) is 25.4 Å². The lowest BCUT2D eigenvalue weighted by Gasteiger charge is -2.14. The minimum absolute atomic E-state index is 0.0228. The molecule has 0 saturated carbocycles. The number of hydrazine groups is 1. The van der Waals surface area contributed by atoms with Crippen molar-refractivity contribution in [3.05, 3.63) is 47.0 Å². The van der Waals surface area contributed by atoms with Crippen molar-refractivity contribution in [1.29, 1.82) is 0 Å². The van der Waals surface area contributed by atoms with Crippen LogP contribution in [0.5, 0.6) is 0 Å². The normalized spacial score (nSPS) is 12.6. The molecule has 0 saturated heterocycles. The Morgan fingerprint density at radius 2 is 2.35 bits per heavy atom. The third-order valence-electron chi connectivity index (χ3n) is 2.54. The summed E-state index contributed by atoms with van der Waals surface area (Å²) in [5, 5.41) is 4.78. The lowest BCUT2D eigenvalue weighted by atomic mass is 10.0. The van der Waals surface area contributed by atoms with Gasteiger partial charge in [0.15, 0.2) is 0 Å². The average Bonchev–Trinajstić information content (AvgIpc) is 2.72. The zero-order chi connectivity index (χ0) is 12.3. The molecule has 2 aromatic heterocycles. The zero-order valence-electron chi connectivity index (χ0n) is 9.47. The van der Waals surface area contributed by atoms with Gasteiger partial charge in [-0.15, -0.1) is 0 Å². The third-order valence-corrected chi connectivity index (χ3v) is 2.74. The van der Waals surface area contributed by atoms with Gasteiger partial charge >= 0.3 is 0 Å². The summed E-state index contributed by atoms with van der Waals surface area (Å²) in [6.07, 6.45) is 4.28. The predicted molar refractivity (Wildman–Crippen MR) is 66.2 cm³/mol. The zero-order valence-corrected chi connectivity index (χ0v) is 10.2. The maximum atomic E-state index is 5.85. The molecule has 2 heterocycles. The van der Waals surface area contributed by atoms with E-state index in [0.717, 1.165) is 11.3 Å². The molecular weight excluding hydrogens is 238 g/mol. The second-order valence-corrected chi connectivity index (χ2v) is 4.20. The molecule has 0 aliphatic carbocycles. The van der Waals surface area contributed by atoms with Crippen LogP contribution >= 0.6 is 11.6 Å². The Labute approximate surface area is 105 Å². The first-order valence-electron chi connectivity index (χ1n) is 5.25. The van der Waals surface area contributed by atoms with Crippen molar-refractivity contribution >= 4 is 11.6 Å². The van der Waals surface area contributed by atoms with E-state index in [1.165, 1.54) is 0 Å².